The summed E-state index contributed by atoms with van der Waals surface area (Å²) in [5.41, 5.74) is -0.722. The average Bonchev–Trinajstić information content (AvgIpc) is 2.66. The van der Waals surface area contributed by atoms with Gasteiger partial charge in [0.2, 0.25) is 17.7 Å². The van der Waals surface area contributed by atoms with Crippen molar-refractivity contribution in [1.29, 1.82) is 5.41 Å². The van der Waals surface area contributed by atoms with Crippen LogP contribution in [0.2, 0.25) is 0 Å². The molecule has 29 heavy (non-hydrogen) atoms. The molecule has 9 nitrogen and oxygen atoms in total. The molecule has 0 bridgehead atoms. The van der Waals surface area contributed by atoms with Crippen LogP contribution < -0.4 is 16.0 Å². The van der Waals surface area contributed by atoms with Gasteiger partial charge in [0.05, 0.1) is 11.8 Å². The van der Waals surface area contributed by atoms with Gasteiger partial charge in [0.15, 0.2) is 5.78 Å². The Hall–Kier alpha value is -3.07. The molecule has 0 aliphatic rings. The molecule has 1 aromatic carbocycles. The fourth-order valence-corrected chi connectivity index (χ4v) is 2.56. The van der Waals surface area contributed by atoms with E-state index in [1.54, 1.807) is 0 Å². The third-order valence-corrected chi connectivity index (χ3v) is 4.10. The number of rotatable bonds is 11. The molecule has 0 heterocycles. The van der Waals surface area contributed by atoms with Crippen molar-refractivity contribution >= 4 is 29.7 Å². The van der Waals surface area contributed by atoms with Gasteiger partial charge in [0, 0.05) is 19.9 Å². The van der Waals surface area contributed by atoms with E-state index in [1.807, 2.05) is 30.3 Å². The molecule has 0 spiro atoms. The van der Waals surface area contributed by atoms with Gasteiger partial charge >= 0.3 is 0 Å². The first kappa shape index (κ1) is 24.0. The Morgan fingerprint density at radius 1 is 1.10 bits per heavy atom. The van der Waals surface area contributed by atoms with Gasteiger partial charge in [-0.2, -0.15) is 0 Å². The van der Waals surface area contributed by atoms with Gasteiger partial charge in [-0.3, -0.25) is 19.2 Å². The van der Waals surface area contributed by atoms with E-state index in [-0.39, 0.29) is 19.4 Å². The highest BCUT2D eigenvalue weighted by atomic mass is 16.3. The highest BCUT2D eigenvalue weighted by molar-refractivity contribution is 6.26. The monoisotopic (exact) mass is 404 g/mol. The molecule has 0 aliphatic heterocycles. The van der Waals surface area contributed by atoms with E-state index in [1.165, 1.54) is 20.8 Å². The van der Waals surface area contributed by atoms with E-state index < -0.39 is 41.2 Å². The molecule has 1 rings (SSSR count). The minimum atomic E-state index is -1.58. The van der Waals surface area contributed by atoms with E-state index in [0.29, 0.717) is 6.21 Å². The van der Waals surface area contributed by atoms with E-state index in [2.05, 4.69) is 16.0 Å². The quantitative estimate of drug-likeness (QED) is 0.331. The van der Waals surface area contributed by atoms with Crippen LogP contribution in [0.5, 0.6) is 0 Å². The maximum absolute atomic E-state index is 12.6. The highest BCUT2D eigenvalue weighted by Crippen LogP contribution is 2.10. The van der Waals surface area contributed by atoms with Gasteiger partial charge in [-0.1, -0.05) is 30.3 Å². The molecule has 9 heteroatoms. The van der Waals surface area contributed by atoms with Gasteiger partial charge in [0.1, 0.15) is 12.1 Å². The molecule has 158 valence electrons. The van der Waals surface area contributed by atoms with Crippen molar-refractivity contribution in [2.45, 2.75) is 57.8 Å². The molecule has 0 aliphatic carbocycles. The zero-order chi connectivity index (χ0) is 22.0. The molecular weight excluding hydrogens is 376 g/mol. The van der Waals surface area contributed by atoms with Crippen molar-refractivity contribution in [3.63, 3.8) is 0 Å². The third-order valence-electron chi connectivity index (χ3n) is 4.10. The summed E-state index contributed by atoms with van der Waals surface area (Å²) in [6.07, 6.45) is 0.511. The lowest BCUT2D eigenvalue weighted by molar-refractivity contribution is -0.137. The van der Waals surface area contributed by atoms with Crippen LogP contribution in [0.15, 0.2) is 30.3 Å². The zero-order valence-corrected chi connectivity index (χ0v) is 16.8. The minimum absolute atomic E-state index is 0.0285. The molecule has 0 radical (unpaired) electrons. The van der Waals surface area contributed by atoms with Crippen molar-refractivity contribution in [2.75, 3.05) is 0 Å². The third kappa shape index (κ3) is 8.65. The molecule has 0 aromatic heterocycles. The van der Waals surface area contributed by atoms with E-state index in [0.717, 1.165) is 5.56 Å². The number of hydrogen-bond donors (Lipinski definition) is 5. The summed E-state index contributed by atoms with van der Waals surface area (Å²) in [4.78, 5) is 48.1. The number of benzene rings is 1. The van der Waals surface area contributed by atoms with Crippen LogP contribution in [0, 0.1) is 5.41 Å². The van der Waals surface area contributed by atoms with Crippen molar-refractivity contribution in [1.82, 2.24) is 16.0 Å². The lowest BCUT2D eigenvalue weighted by Crippen LogP contribution is -2.60. The maximum Gasteiger partial charge on any atom is 0.246 e. The SMILES string of the molecule is CC(=O)N[C@H](C(=O)N[C@@H](CCC(=O)C=N)C(=O)NCc1ccccc1)C(C)(C)O. The molecule has 0 saturated heterocycles. The molecule has 3 amide bonds. The molecule has 5 N–H and O–H groups in total. The van der Waals surface area contributed by atoms with Gasteiger partial charge in [0.25, 0.3) is 0 Å². The predicted octanol–water partition coefficient (Wildman–Crippen LogP) is 0.0621. The number of amides is 3. The predicted molar refractivity (Wildman–Crippen MR) is 107 cm³/mol. The molecule has 0 unspecified atom stereocenters. The average molecular weight is 404 g/mol. The molecular formula is C20H28N4O5. The second-order valence-electron chi connectivity index (χ2n) is 7.20. The van der Waals surface area contributed by atoms with E-state index in [4.69, 9.17) is 5.41 Å². The van der Waals surface area contributed by atoms with Crippen LogP contribution in [0.1, 0.15) is 39.2 Å². The first-order valence-corrected chi connectivity index (χ1v) is 9.19. The smallest absolute Gasteiger partial charge is 0.246 e. The van der Waals surface area contributed by atoms with Crippen LogP contribution in [-0.2, 0) is 25.7 Å². The second-order valence-corrected chi connectivity index (χ2v) is 7.20. The van der Waals surface area contributed by atoms with Crippen molar-refractivity contribution in [3.8, 4) is 0 Å². The number of ketones is 1. The van der Waals surface area contributed by atoms with Crippen molar-refractivity contribution < 1.29 is 24.3 Å². The van der Waals surface area contributed by atoms with Crippen molar-refractivity contribution in [3.05, 3.63) is 35.9 Å². The van der Waals surface area contributed by atoms with Crippen LogP contribution in [0.25, 0.3) is 0 Å². The van der Waals surface area contributed by atoms with Crippen LogP contribution in [-0.4, -0.2) is 52.5 Å². The number of carbonyl (C=O) groups excluding carboxylic acids is 4. The Kier molecular flexibility index (Phi) is 9.14. The van der Waals surface area contributed by atoms with Gasteiger partial charge in [-0.25, -0.2) is 0 Å². The molecule has 1 aromatic rings. The summed E-state index contributed by atoms with van der Waals surface area (Å²) >= 11 is 0. The highest BCUT2D eigenvalue weighted by Gasteiger charge is 2.36. The lowest BCUT2D eigenvalue weighted by atomic mass is 9.97. The van der Waals surface area contributed by atoms with Crippen LogP contribution >= 0.6 is 0 Å². The summed E-state index contributed by atoms with van der Waals surface area (Å²) in [5, 5.41) is 24.7. The largest absolute Gasteiger partial charge is 0.388 e. The molecule has 0 fully saturated rings. The minimum Gasteiger partial charge on any atom is -0.388 e. The van der Waals surface area contributed by atoms with E-state index >= 15 is 0 Å². The first-order chi connectivity index (χ1) is 13.5. The maximum atomic E-state index is 12.6. The summed E-state index contributed by atoms with van der Waals surface area (Å²) in [7, 11) is 0. The number of carbonyl (C=O) groups is 4. The summed E-state index contributed by atoms with van der Waals surface area (Å²) in [6.45, 7) is 4.15. The molecule has 0 saturated carbocycles. The lowest BCUT2D eigenvalue weighted by Gasteiger charge is -2.30. The normalized spacial score (nSPS) is 13.0. The summed E-state index contributed by atoms with van der Waals surface area (Å²) < 4.78 is 0. The van der Waals surface area contributed by atoms with E-state index in [9.17, 15) is 24.3 Å². The Balaban J connectivity index is 2.90. The number of Topliss-reactive ketones (excluding diaryl/α,β-unsaturated/α-hetero) is 1. The Bertz CT molecular complexity index is 743. The van der Waals surface area contributed by atoms with Gasteiger partial charge in [-0.15, -0.1) is 0 Å². The summed E-state index contributed by atoms with van der Waals surface area (Å²) in [6, 6.07) is 6.78. The fourth-order valence-electron chi connectivity index (χ4n) is 2.56. The number of nitrogens with one attached hydrogen (secondary N) is 4. The standard InChI is InChI=1S/C20H28N4O5/c1-13(25)23-17(20(2,3)29)19(28)24-16(10-9-15(26)11-21)18(27)22-12-14-7-5-4-6-8-14/h4-8,11,16-17,21,29H,9-10,12H2,1-3H3,(H,22,27)(H,23,25)(H,24,28)/t16-,17+/m0/s1. The Morgan fingerprint density at radius 2 is 1.72 bits per heavy atom. The zero-order valence-electron chi connectivity index (χ0n) is 16.8. The van der Waals surface area contributed by atoms with Crippen molar-refractivity contribution in [2.24, 2.45) is 0 Å². The molecule has 2 atom stereocenters. The number of aliphatic hydroxyl groups is 1. The Morgan fingerprint density at radius 3 is 2.24 bits per heavy atom. The first-order valence-electron chi connectivity index (χ1n) is 9.19. The fraction of sp³-hybridized carbons (Fsp3) is 0.450. The van der Waals surface area contributed by atoms with Gasteiger partial charge < -0.3 is 26.5 Å². The second kappa shape index (κ2) is 11.1. The van der Waals surface area contributed by atoms with Gasteiger partial charge in [-0.05, 0) is 25.8 Å². The number of hydrogen-bond acceptors (Lipinski definition) is 6. The van der Waals surface area contributed by atoms with Crippen LogP contribution in [0.3, 0.4) is 0 Å². The Labute approximate surface area is 169 Å². The topological polar surface area (TPSA) is 148 Å². The van der Waals surface area contributed by atoms with Crippen LogP contribution in [0.4, 0.5) is 0 Å². The summed E-state index contributed by atoms with van der Waals surface area (Å²) in [5.74, 6) is -2.27.